The molecule has 0 saturated carbocycles. The molecular formula is C9H13NO3S. The first-order chi connectivity index (χ1) is 6.69. The quantitative estimate of drug-likeness (QED) is 0.669. The zero-order chi connectivity index (χ0) is 10.6. The number of carbonyl (C=O) groups is 1. The average Bonchev–Trinajstić information content (AvgIpc) is 2.60. The van der Waals surface area contributed by atoms with Gasteiger partial charge in [0.15, 0.2) is 0 Å². The van der Waals surface area contributed by atoms with Gasteiger partial charge in [-0.15, -0.1) is 11.3 Å². The minimum absolute atomic E-state index is 0.245. The molecule has 1 aromatic heterocycles. The van der Waals surface area contributed by atoms with Crippen molar-refractivity contribution in [2.45, 2.75) is 13.0 Å². The van der Waals surface area contributed by atoms with Gasteiger partial charge in [0.2, 0.25) is 0 Å². The molecule has 1 aromatic rings. The highest BCUT2D eigenvalue weighted by Crippen LogP contribution is 2.15. The van der Waals surface area contributed by atoms with Crippen molar-refractivity contribution < 1.29 is 15.0 Å². The Bertz CT molecular complexity index is 307. The third-order valence-corrected chi connectivity index (χ3v) is 2.86. The fourth-order valence-electron chi connectivity index (χ4n) is 1.01. The Balaban J connectivity index is 2.63. The van der Waals surface area contributed by atoms with E-state index in [2.05, 4.69) is 5.32 Å². The summed E-state index contributed by atoms with van der Waals surface area (Å²) in [5, 5.41) is 21.9. The number of amides is 1. The maximum Gasteiger partial charge on any atom is 0.261 e. The molecule has 4 nitrogen and oxygen atoms in total. The molecule has 78 valence electrons. The molecule has 0 radical (unpaired) electrons. The normalized spacial score (nSPS) is 10.6. The predicted molar refractivity (Wildman–Crippen MR) is 54.5 cm³/mol. The summed E-state index contributed by atoms with van der Waals surface area (Å²) in [6.45, 7) is 1.33. The van der Waals surface area contributed by atoms with Crippen molar-refractivity contribution in [2.24, 2.45) is 0 Å². The molecule has 0 unspecified atom stereocenters. The molecule has 1 amide bonds. The van der Waals surface area contributed by atoms with E-state index in [0.717, 1.165) is 5.56 Å². The second-order valence-electron chi connectivity index (χ2n) is 2.97. The van der Waals surface area contributed by atoms with Crippen molar-refractivity contribution in [3.05, 3.63) is 21.9 Å². The van der Waals surface area contributed by atoms with Crippen molar-refractivity contribution >= 4 is 17.2 Å². The Labute approximate surface area is 86.2 Å². The first-order valence-corrected chi connectivity index (χ1v) is 5.13. The highest BCUT2D eigenvalue weighted by atomic mass is 32.1. The van der Waals surface area contributed by atoms with Crippen LogP contribution in [0.4, 0.5) is 0 Å². The molecule has 0 bridgehead atoms. The Morgan fingerprint density at radius 3 is 2.64 bits per heavy atom. The number of aliphatic hydroxyl groups excluding tert-OH is 2. The van der Waals surface area contributed by atoms with E-state index in [1.807, 2.05) is 18.4 Å². The van der Waals surface area contributed by atoms with Crippen LogP contribution in [0.25, 0.3) is 0 Å². The molecule has 0 spiro atoms. The Hall–Kier alpha value is -0.910. The summed E-state index contributed by atoms with van der Waals surface area (Å²) in [5.74, 6) is -0.245. The van der Waals surface area contributed by atoms with Crippen LogP contribution >= 0.6 is 11.3 Å². The van der Waals surface area contributed by atoms with Crippen LogP contribution in [0.1, 0.15) is 15.2 Å². The lowest BCUT2D eigenvalue weighted by Gasteiger charge is -2.12. The maximum atomic E-state index is 11.5. The van der Waals surface area contributed by atoms with E-state index in [-0.39, 0.29) is 19.1 Å². The van der Waals surface area contributed by atoms with Gasteiger partial charge in [0.05, 0.1) is 24.1 Å². The molecule has 0 saturated heterocycles. The van der Waals surface area contributed by atoms with E-state index in [4.69, 9.17) is 10.2 Å². The lowest BCUT2D eigenvalue weighted by molar-refractivity contribution is 0.0883. The number of rotatable bonds is 4. The smallest absolute Gasteiger partial charge is 0.261 e. The zero-order valence-corrected chi connectivity index (χ0v) is 8.67. The van der Waals surface area contributed by atoms with Crippen molar-refractivity contribution in [2.75, 3.05) is 13.2 Å². The summed E-state index contributed by atoms with van der Waals surface area (Å²) >= 11 is 1.35. The third-order valence-electron chi connectivity index (χ3n) is 1.84. The molecule has 1 rings (SSSR count). The average molecular weight is 215 g/mol. The van der Waals surface area contributed by atoms with Gasteiger partial charge >= 0.3 is 0 Å². The Morgan fingerprint density at radius 2 is 2.21 bits per heavy atom. The van der Waals surface area contributed by atoms with E-state index < -0.39 is 6.04 Å². The molecule has 0 aliphatic carbocycles. The van der Waals surface area contributed by atoms with E-state index in [1.54, 1.807) is 0 Å². The molecular weight excluding hydrogens is 202 g/mol. The number of nitrogens with one attached hydrogen (secondary N) is 1. The second kappa shape index (κ2) is 5.09. The zero-order valence-electron chi connectivity index (χ0n) is 7.86. The summed E-state index contributed by atoms with van der Waals surface area (Å²) in [4.78, 5) is 12.2. The first-order valence-electron chi connectivity index (χ1n) is 4.25. The molecule has 0 aliphatic rings. The summed E-state index contributed by atoms with van der Waals surface area (Å²) in [6, 6.07) is 1.27. The molecule has 3 N–H and O–H groups in total. The van der Waals surface area contributed by atoms with Gasteiger partial charge in [0.25, 0.3) is 5.91 Å². The lowest BCUT2D eigenvalue weighted by Crippen LogP contribution is -2.39. The van der Waals surface area contributed by atoms with E-state index in [0.29, 0.717) is 4.88 Å². The van der Waals surface area contributed by atoms with Crippen LogP contribution in [0.15, 0.2) is 11.4 Å². The van der Waals surface area contributed by atoms with Crippen LogP contribution in [0, 0.1) is 6.92 Å². The number of aliphatic hydroxyl groups is 2. The van der Waals surface area contributed by atoms with Crippen LogP contribution < -0.4 is 5.32 Å². The monoisotopic (exact) mass is 215 g/mol. The van der Waals surface area contributed by atoms with Crippen molar-refractivity contribution in [3.8, 4) is 0 Å². The fraction of sp³-hybridized carbons (Fsp3) is 0.444. The van der Waals surface area contributed by atoms with Gasteiger partial charge in [-0.3, -0.25) is 4.79 Å². The Kier molecular flexibility index (Phi) is 4.06. The molecule has 1 heterocycles. The predicted octanol–water partition coefficient (Wildman–Crippen LogP) is 0.140. The number of carbonyl (C=O) groups excluding carboxylic acids is 1. The Morgan fingerprint density at radius 1 is 1.57 bits per heavy atom. The van der Waals surface area contributed by atoms with E-state index in [9.17, 15) is 4.79 Å². The van der Waals surface area contributed by atoms with Crippen LogP contribution in [-0.2, 0) is 0 Å². The topological polar surface area (TPSA) is 69.6 Å². The molecule has 14 heavy (non-hydrogen) atoms. The fourth-order valence-corrected chi connectivity index (χ4v) is 1.83. The summed E-state index contributed by atoms with van der Waals surface area (Å²) < 4.78 is 0. The van der Waals surface area contributed by atoms with Gasteiger partial charge in [0.1, 0.15) is 0 Å². The van der Waals surface area contributed by atoms with Crippen molar-refractivity contribution in [1.82, 2.24) is 5.32 Å². The number of hydrogen-bond acceptors (Lipinski definition) is 4. The molecule has 5 heteroatoms. The summed E-state index contributed by atoms with van der Waals surface area (Å²) in [5.41, 5.74) is 0.905. The van der Waals surface area contributed by atoms with Gasteiger partial charge in [-0.05, 0) is 23.9 Å². The highest BCUT2D eigenvalue weighted by molar-refractivity contribution is 7.12. The first kappa shape index (κ1) is 11.2. The summed E-state index contributed by atoms with van der Waals surface area (Å²) in [7, 11) is 0. The van der Waals surface area contributed by atoms with Crippen LogP contribution in [0.3, 0.4) is 0 Å². The van der Waals surface area contributed by atoms with Gasteiger partial charge in [-0.25, -0.2) is 0 Å². The highest BCUT2D eigenvalue weighted by Gasteiger charge is 2.14. The van der Waals surface area contributed by atoms with Gasteiger partial charge in [0, 0.05) is 0 Å². The maximum absolute atomic E-state index is 11.5. The molecule has 0 aliphatic heterocycles. The van der Waals surface area contributed by atoms with Crippen LogP contribution in [0.2, 0.25) is 0 Å². The minimum Gasteiger partial charge on any atom is -0.394 e. The summed E-state index contributed by atoms with van der Waals surface area (Å²) in [6.07, 6.45) is 0. The van der Waals surface area contributed by atoms with Gasteiger partial charge in [-0.2, -0.15) is 0 Å². The standard InChI is InChI=1S/C9H13NO3S/c1-6-2-3-14-8(6)9(13)10-7(4-11)5-12/h2-3,7,11-12H,4-5H2,1H3,(H,10,13). The van der Waals surface area contributed by atoms with E-state index in [1.165, 1.54) is 11.3 Å². The lowest BCUT2D eigenvalue weighted by atomic mass is 10.2. The largest absolute Gasteiger partial charge is 0.394 e. The minimum atomic E-state index is -0.580. The molecule has 0 atom stereocenters. The van der Waals surface area contributed by atoms with Gasteiger partial charge in [-0.1, -0.05) is 0 Å². The third kappa shape index (κ3) is 2.54. The molecule has 0 fully saturated rings. The van der Waals surface area contributed by atoms with Crippen LogP contribution in [0.5, 0.6) is 0 Å². The van der Waals surface area contributed by atoms with E-state index >= 15 is 0 Å². The molecule has 0 aromatic carbocycles. The number of aryl methyl sites for hydroxylation is 1. The number of hydrogen-bond donors (Lipinski definition) is 3. The number of thiophene rings is 1. The SMILES string of the molecule is Cc1ccsc1C(=O)NC(CO)CO. The van der Waals surface area contributed by atoms with Crippen LogP contribution in [-0.4, -0.2) is 35.4 Å². The second-order valence-corrected chi connectivity index (χ2v) is 3.88. The van der Waals surface area contributed by atoms with Gasteiger partial charge < -0.3 is 15.5 Å². The van der Waals surface area contributed by atoms with Crippen molar-refractivity contribution in [1.29, 1.82) is 0 Å². The van der Waals surface area contributed by atoms with Crippen molar-refractivity contribution in [3.63, 3.8) is 0 Å².